The molecule has 1 heterocycles. The molecule has 4 heteroatoms. The van der Waals surface area contributed by atoms with Gasteiger partial charge in [0.2, 0.25) is 0 Å². The fourth-order valence-corrected chi connectivity index (χ4v) is 2.79. The quantitative estimate of drug-likeness (QED) is 0.851. The molecule has 1 aliphatic rings. The number of aryl methyl sites for hydroxylation is 2. The van der Waals surface area contributed by atoms with E-state index >= 15 is 0 Å². The Morgan fingerprint density at radius 2 is 2.20 bits per heavy atom. The maximum absolute atomic E-state index is 12.0. The van der Waals surface area contributed by atoms with Gasteiger partial charge in [-0.2, -0.15) is 5.26 Å². The van der Waals surface area contributed by atoms with E-state index in [9.17, 15) is 4.79 Å². The molecule has 0 aliphatic heterocycles. The second-order valence-corrected chi connectivity index (χ2v) is 5.23. The van der Waals surface area contributed by atoms with Gasteiger partial charge in [-0.05, 0) is 56.4 Å². The number of carbonyl (C=O) groups is 1. The number of nitrogens with zero attached hydrogens (tertiary/aromatic N) is 1. The normalized spacial score (nSPS) is 15.4. The van der Waals surface area contributed by atoms with E-state index in [1.165, 1.54) is 24.1 Å². The Kier molecular flexibility index (Phi) is 3.19. The van der Waals surface area contributed by atoms with Crippen molar-refractivity contribution in [3.63, 3.8) is 0 Å². The van der Waals surface area contributed by atoms with Crippen molar-refractivity contribution >= 4 is 16.9 Å². The predicted molar refractivity (Wildman–Crippen MR) is 75.4 cm³/mol. The van der Waals surface area contributed by atoms with Crippen molar-refractivity contribution < 1.29 is 9.53 Å². The summed E-state index contributed by atoms with van der Waals surface area (Å²) in [6.07, 6.45) is 3.82. The Balaban J connectivity index is 1.98. The molecule has 0 radical (unpaired) electrons. The Bertz CT molecular complexity index is 709. The molecule has 2 aromatic rings. The van der Waals surface area contributed by atoms with Crippen molar-refractivity contribution in [3.8, 4) is 6.07 Å². The summed E-state index contributed by atoms with van der Waals surface area (Å²) in [7, 11) is 0. The predicted octanol–water partition coefficient (Wildman–Crippen LogP) is 3.12. The highest BCUT2D eigenvalue weighted by atomic mass is 16.5. The zero-order chi connectivity index (χ0) is 14.1. The third-order valence-corrected chi connectivity index (χ3v) is 3.80. The van der Waals surface area contributed by atoms with Crippen LogP contribution in [0.3, 0.4) is 0 Å². The molecule has 1 aromatic heterocycles. The van der Waals surface area contributed by atoms with E-state index in [1.54, 1.807) is 13.0 Å². The van der Waals surface area contributed by atoms with E-state index in [1.807, 2.05) is 18.2 Å². The van der Waals surface area contributed by atoms with Crippen LogP contribution < -0.4 is 0 Å². The molecule has 0 unspecified atom stereocenters. The number of aromatic amines is 1. The van der Waals surface area contributed by atoms with Crippen LogP contribution in [0.5, 0.6) is 0 Å². The lowest BCUT2D eigenvalue weighted by Crippen LogP contribution is -2.12. The molecule has 4 nitrogen and oxygen atoms in total. The Hall–Kier alpha value is -2.28. The van der Waals surface area contributed by atoms with Gasteiger partial charge in [-0.3, -0.25) is 0 Å². The van der Waals surface area contributed by atoms with Gasteiger partial charge in [-0.25, -0.2) is 4.79 Å². The first-order chi connectivity index (χ1) is 9.69. The SMILES string of the molecule is C[C@@H](C#N)OC(=O)c1ccc2[nH]c3c(c2c1)CCCC3. The number of fused-ring (bicyclic) bond motifs is 3. The molecule has 1 atom stereocenters. The molecule has 102 valence electrons. The average molecular weight is 268 g/mol. The summed E-state index contributed by atoms with van der Waals surface area (Å²) in [5.41, 5.74) is 4.20. The van der Waals surface area contributed by atoms with Gasteiger partial charge in [0.25, 0.3) is 0 Å². The molecule has 0 saturated carbocycles. The van der Waals surface area contributed by atoms with Crippen molar-refractivity contribution in [1.29, 1.82) is 5.26 Å². The molecular formula is C16H16N2O2. The van der Waals surface area contributed by atoms with Gasteiger partial charge in [0.05, 0.1) is 5.56 Å². The first-order valence-corrected chi connectivity index (χ1v) is 6.93. The molecule has 0 saturated heterocycles. The summed E-state index contributed by atoms with van der Waals surface area (Å²) in [6, 6.07) is 7.44. The van der Waals surface area contributed by atoms with Gasteiger partial charge in [-0.1, -0.05) is 0 Å². The summed E-state index contributed by atoms with van der Waals surface area (Å²) < 4.78 is 5.04. The molecule has 1 aromatic carbocycles. The van der Waals surface area contributed by atoms with Crippen molar-refractivity contribution in [3.05, 3.63) is 35.0 Å². The van der Waals surface area contributed by atoms with Gasteiger partial charge < -0.3 is 9.72 Å². The van der Waals surface area contributed by atoms with Gasteiger partial charge in [0.1, 0.15) is 6.07 Å². The molecule has 0 amide bonds. The second-order valence-electron chi connectivity index (χ2n) is 5.23. The molecule has 0 spiro atoms. The number of esters is 1. The summed E-state index contributed by atoms with van der Waals surface area (Å²) in [6.45, 7) is 1.56. The number of H-pyrrole nitrogens is 1. The number of benzene rings is 1. The van der Waals surface area contributed by atoms with Crippen LogP contribution in [0.15, 0.2) is 18.2 Å². The highest BCUT2D eigenvalue weighted by Gasteiger charge is 2.18. The minimum Gasteiger partial charge on any atom is -0.444 e. The Morgan fingerprint density at radius 1 is 1.40 bits per heavy atom. The molecule has 0 fully saturated rings. The molecule has 0 bridgehead atoms. The number of aromatic nitrogens is 1. The summed E-state index contributed by atoms with van der Waals surface area (Å²) in [5.74, 6) is -0.438. The first-order valence-electron chi connectivity index (χ1n) is 6.93. The highest BCUT2D eigenvalue weighted by molar-refractivity contribution is 5.96. The van der Waals surface area contributed by atoms with Crippen LogP contribution in [0, 0.1) is 11.3 Å². The van der Waals surface area contributed by atoms with Crippen LogP contribution >= 0.6 is 0 Å². The summed E-state index contributed by atoms with van der Waals surface area (Å²) >= 11 is 0. The number of hydrogen-bond acceptors (Lipinski definition) is 3. The van der Waals surface area contributed by atoms with E-state index < -0.39 is 12.1 Å². The second kappa shape index (κ2) is 5.01. The molecule has 20 heavy (non-hydrogen) atoms. The van der Waals surface area contributed by atoms with Crippen molar-refractivity contribution in [2.75, 3.05) is 0 Å². The number of rotatable bonds is 2. The lowest BCUT2D eigenvalue weighted by atomic mass is 9.95. The molecule has 1 N–H and O–H groups in total. The van der Waals surface area contributed by atoms with E-state index in [2.05, 4.69) is 4.98 Å². The fourth-order valence-electron chi connectivity index (χ4n) is 2.79. The van der Waals surface area contributed by atoms with Crippen molar-refractivity contribution in [2.45, 2.75) is 38.7 Å². The molecular weight excluding hydrogens is 252 g/mol. The van der Waals surface area contributed by atoms with Gasteiger partial charge >= 0.3 is 5.97 Å². The van der Waals surface area contributed by atoms with E-state index in [0.29, 0.717) is 5.56 Å². The number of nitrogens with one attached hydrogen (secondary N) is 1. The van der Waals surface area contributed by atoms with Gasteiger partial charge in [-0.15, -0.1) is 0 Å². The lowest BCUT2D eigenvalue weighted by Gasteiger charge is -2.10. The van der Waals surface area contributed by atoms with E-state index in [-0.39, 0.29) is 0 Å². The smallest absolute Gasteiger partial charge is 0.339 e. The third kappa shape index (κ3) is 2.16. The van der Waals surface area contributed by atoms with Crippen molar-refractivity contribution in [2.24, 2.45) is 0 Å². The third-order valence-electron chi connectivity index (χ3n) is 3.80. The van der Waals surface area contributed by atoms with Crippen LogP contribution in [-0.2, 0) is 17.6 Å². The maximum Gasteiger partial charge on any atom is 0.339 e. The standard InChI is InChI=1S/C16H16N2O2/c1-10(9-17)20-16(19)11-6-7-15-13(8-11)12-4-2-3-5-14(12)18-15/h6-8,10,18H,2-5H2,1H3/t10-/m0/s1. The summed E-state index contributed by atoms with van der Waals surface area (Å²) in [5, 5.41) is 9.81. The van der Waals surface area contributed by atoms with Gasteiger partial charge in [0, 0.05) is 16.6 Å². The lowest BCUT2D eigenvalue weighted by molar-refractivity contribution is 0.0435. The van der Waals surface area contributed by atoms with Crippen LogP contribution in [0.25, 0.3) is 10.9 Å². The number of hydrogen-bond donors (Lipinski definition) is 1. The zero-order valence-electron chi connectivity index (χ0n) is 11.4. The minimum absolute atomic E-state index is 0.438. The summed E-state index contributed by atoms with van der Waals surface area (Å²) in [4.78, 5) is 15.4. The maximum atomic E-state index is 12.0. The molecule has 3 rings (SSSR count). The van der Waals surface area contributed by atoms with E-state index in [4.69, 9.17) is 10.00 Å². The fraction of sp³-hybridized carbons (Fsp3) is 0.375. The minimum atomic E-state index is -0.724. The largest absolute Gasteiger partial charge is 0.444 e. The van der Waals surface area contributed by atoms with Crippen LogP contribution in [0.4, 0.5) is 0 Å². The first kappa shape index (κ1) is 12.7. The number of carbonyl (C=O) groups excluding carboxylic acids is 1. The average Bonchev–Trinajstić information content (AvgIpc) is 2.84. The number of nitriles is 1. The zero-order valence-corrected chi connectivity index (χ0v) is 11.4. The van der Waals surface area contributed by atoms with Crippen LogP contribution in [-0.4, -0.2) is 17.1 Å². The van der Waals surface area contributed by atoms with Gasteiger partial charge in [0.15, 0.2) is 6.10 Å². The van der Waals surface area contributed by atoms with Crippen LogP contribution in [0.2, 0.25) is 0 Å². The van der Waals surface area contributed by atoms with E-state index in [0.717, 1.165) is 23.7 Å². The monoisotopic (exact) mass is 268 g/mol. The topological polar surface area (TPSA) is 65.9 Å². The highest BCUT2D eigenvalue weighted by Crippen LogP contribution is 2.29. The Morgan fingerprint density at radius 3 is 3.00 bits per heavy atom. The molecule has 1 aliphatic carbocycles. The Labute approximate surface area is 117 Å². The van der Waals surface area contributed by atoms with Crippen molar-refractivity contribution in [1.82, 2.24) is 4.98 Å². The number of ether oxygens (including phenoxy) is 1. The van der Waals surface area contributed by atoms with Crippen LogP contribution in [0.1, 0.15) is 41.4 Å².